The van der Waals surface area contributed by atoms with Gasteiger partial charge in [-0.05, 0) is 47.8 Å². The molecule has 0 radical (unpaired) electrons. The Bertz CT molecular complexity index is 404. The Morgan fingerprint density at radius 1 is 1.16 bits per heavy atom. The molecule has 0 unspecified atom stereocenters. The Balaban J connectivity index is 2.88. The van der Waals surface area contributed by atoms with Gasteiger partial charge in [0, 0.05) is 18.7 Å². The summed E-state index contributed by atoms with van der Waals surface area (Å²) in [6.45, 7) is 9.00. The van der Waals surface area contributed by atoms with Crippen molar-refractivity contribution in [1.29, 1.82) is 0 Å². The van der Waals surface area contributed by atoms with Crippen LogP contribution in [0.25, 0.3) is 0 Å². The lowest BCUT2D eigenvalue weighted by molar-refractivity contribution is 0.400. The topological polar surface area (TPSA) is 70.3 Å². The van der Waals surface area contributed by atoms with E-state index in [9.17, 15) is 0 Å². The normalized spacial score (nSPS) is 10.9. The third-order valence-electron chi connectivity index (χ3n) is 3.08. The SMILES string of the molecule is CCN(CCCN(C)C)c1nc(C)nc(NN)c1C. The van der Waals surface area contributed by atoms with Crippen LogP contribution < -0.4 is 16.2 Å². The summed E-state index contributed by atoms with van der Waals surface area (Å²) >= 11 is 0. The van der Waals surface area contributed by atoms with Crippen LogP contribution in [-0.2, 0) is 0 Å². The van der Waals surface area contributed by atoms with E-state index in [1.54, 1.807) is 0 Å². The largest absolute Gasteiger partial charge is 0.356 e. The number of hydrogen-bond acceptors (Lipinski definition) is 6. The van der Waals surface area contributed by atoms with E-state index < -0.39 is 0 Å². The summed E-state index contributed by atoms with van der Waals surface area (Å²) in [5.74, 6) is 7.92. The van der Waals surface area contributed by atoms with E-state index in [1.165, 1.54) is 0 Å². The van der Waals surface area contributed by atoms with E-state index in [0.29, 0.717) is 5.82 Å². The molecular weight excluding hydrogens is 240 g/mol. The molecule has 1 heterocycles. The molecule has 3 N–H and O–H groups in total. The number of nitrogen functional groups attached to an aromatic ring is 1. The second-order valence-corrected chi connectivity index (χ2v) is 4.95. The highest BCUT2D eigenvalue weighted by Gasteiger charge is 2.13. The van der Waals surface area contributed by atoms with Gasteiger partial charge >= 0.3 is 0 Å². The van der Waals surface area contributed by atoms with Crippen LogP contribution in [0, 0.1) is 13.8 Å². The van der Waals surface area contributed by atoms with Gasteiger partial charge in [-0.25, -0.2) is 15.8 Å². The van der Waals surface area contributed by atoms with Crippen molar-refractivity contribution in [2.24, 2.45) is 5.84 Å². The van der Waals surface area contributed by atoms with Crippen molar-refractivity contribution in [1.82, 2.24) is 14.9 Å². The van der Waals surface area contributed by atoms with E-state index >= 15 is 0 Å². The molecule has 19 heavy (non-hydrogen) atoms. The first-order valence-corrected chi connectivity index (χ1v) is 6.71. The number of nitrogens with zero attached hydrogens (tertiary/aromatic N) is 4. The Labute approximate surface area is 116 Å². The first-order valence-electron chi connectivity index (χ1n) is 6.71. The van der Waals surface area contributed by atoms with Crippen molar-refractivity contribution in [3.8, 4) is 0 Å². The second kappa shape index (κ2) is 7.25. The molecular formula is C13H26N6. The number of anilines is 2. The molecule has 0 aromatic carbocycles. The summed E-state index contributed by atoms with van der Waals surface area (Å²) in [7, 11) is 4.18. The van der Waals surface area contributed by atoms with Crippen LogP contribution in [0.4, 0.5) is 11.6 Å². The third-order valence-corrected chi connectivity index (χ3v) is 3.08. The fourth-order valence-electron chi connectivity index (χ4n) is 2.05. The highest BCUT2D eigenvalue weighted by molar-refractivity contribution is 5.58. The van der Waals surface area contributed by atoms with Gasteiger partial charge in [-0.15, -0.1) is 0 Å². The van der Waals surface area contributed by atoms with Crippen LogP contribution in [0.5, 0.6) is 0 Å². The first kappa shape index (κ1) is 15.7. The summed E-state index contributed by atoms with van der Waals surface area (Å²) in [4.78, 5) is 13.3. The molecule has 0 aliphatic heterocycles. The lowest BCUT2D eigenvalue weighted by Crippen LogP contribution is -2.29. The zero-order valence-corrected chi connectivity index (χ0v) is 12.7. The second-order valence-electron chi connectivity index (χ2n) is 4.95. The average Bonchev–Trinajstić information content (AvgIpc) is 2.37. The lowest BCUT2D eigenvalue weighted by Gasteiger charge is -2.25. The van der Waals surface area contributed by atoms with Crippen LogP contribution in [0.1, 0.15) is 24.7 Å². The fourth-order valence-corrected chi connectivity index (χ4v) is 2.05. The van der Waals surface area contributed by atoms with E-state index in [-0.39, 0.29) is 0 Å². The van der Waals surface area contributed by atoms with Gasteiger partial charge in [0.2, 0.25) is 0 Å². The predicted octanol–water partition coefficient (Wildman–Crippen LogP) is 1.16. The van der Waals surface area contributed by atoms with E-state index in [2.05, 4.69) is 46.2 Å². The van der Waals surface area contributed by atoms with Crippen molar-refractivity contribution in [3.05, 3.63) is 11.4 Å². The average molecular weight is 266 g/mol. The Kier molecular flexibility index (Phi) is 5.98. The molecule has 6 nitrogen and oxygen atoms in total. The molecule has 108 valence electrons. The molecule has 6 heteroatoms. The van der Waals surface area contributed by atoms with E-state index in [0.717, 1.165) is 43.3 Å². The van der Waals surface area contributed by atoms with Crippen molar-refractivity contribution in [2.45, 2.75) is 27.2 Å². The summed E-state index contributed by atoms with van der Waals surface area (Å²) < 4.78 is 0. The van der Waals surface area contributed by atoms with Crippen LogP contribution in [-0.4, -0.2) is 48.6 Å². The Morgan fingerprint density at radius 2 is 1.84 bits per heavy atom. The van der Waals surface area contributed by atoms with Gasteiger partial charge in [-0.3, -0.25) is 0 Å². The van der Waals surface area contributed by atoms with Gasteiger partial charge in [0.1, 0.15) is 17.5 Å². The molecule has 0 fully saturated rings. The summed E-state index contributed by atoms with van der Waals surface area (Å²) in [5, 5.41) is 0. The van der Waals surface area contributed by atoms with Gasteiger partial charge in [0.25, 0.3) is 0 Å². The monoisotopic (exact) mass is 266 g/mol. The molecule has 0 aliphatic carbocycles. The van der Waals surface area contributed by atoms with E-state index in [4.69, 9.17) is 5.84 Å². The number of aromatic nitrogens is 2. The smallest absolute Gasteiger partial charge is 0.148 e. The highest BCUT2D eigenvalue weighted by atomic mass is 15.3. The Morgan fingerprint density at radius 3 is 2.37 bits per heavy atom. The molecule has 1 rings (SSSR count). The lowest BCUT2D eigenvalue weighted by atomic mass is 10.2. The molecule has 0 bridgehead atoms. The minimum atomic E-state index is 0.702. The minimum Gasteiger partial charge on any atom is -0.356 e. The molecule has 0 spiro atoms. The number of nitrogens with two attached hydrogens (primary N) is 1. The van der Waals surface area contributed by atoms with E-state index in [1.807, 2.05) is 13.8 Å². The summed E-state index contributed by atoms with van der Waals surface area (Å²) in [5.41, 5.74) is 3.64. The van der Waals surface area contributed by atoms with Crippen LogP contribution >= 0.6 is 0 Å². The molecule has 0 aliphatic rings. The maximum atomic E-state index is 5.50. The maximum absolute atomic E-state index is 5.50. The molecule has 0 saturated carbocycles. The predicted molar refractivity (Wildman–Crippen MR) is 80.4 cm³/mol. The van der Waals surface area contributed by atoms with Gasteiger partial charge in [0.05, 0.1) is 0 Å². The van der Waals surface area contributed by atoms with Crippen LogP contribution in [0.15, 0.2) is 0 Å². The Hall–Kier alpha value is -1.40. The summed E-state index contributed by atoms with van der Waals surface area (Å²) in [6.07, 6.45) is 1.11. The molecule has 0 saturated heterocycles. The first-order chi connectivity index (χ1) is 8.99. The van der Waals surface area contributed by atoms with Crippen LogP contribution in [0.2, 0.25) is 0 Å². The molecule has 0 amide bonds. The number of hydrazine groups is 1. The van der Waals surface area contributed by atoms with Crippen LogP contribution in [0.3, 0.4) is 0 Å². The number of nitrogens with one attached hydrogen (secondary N) is 1. The van der Waals surface area contributed by atoms with Crippen molar-refractivity contribution in [3.63, 3.8) is 0 Å². The zero-order valence-electron chi connectivity index (χ0n) is 12.7. The third kappa shape index (κ3) is 4.33. The van der Waals surface area contributed by atoms with Gasteiger partial charge < -0.3 is 15.2 Å². The van der Waals surface area contributed by atoms with Gasteiger partial charge in [0.15, 0.2) is 0 Å². The van der Waals surface area contributed by atoms with Crippen molar-refractivity contribution in [2.75, 3.05) is 44.1 Å². The maximum Gasteiger partial charge on any atom is 0.148 e. The standard InChI is InChI=1S/C13H26N6/c1-6-19(9-7-8-18(4)5)13-10(2)12(17-14)15-11(3)16-13/h6-9,14H2,1-5H3,(H,15,16,17). The van der Waals surface area contributed by atoms with Gasteiger partial charge in [-0.1, -0.05) is 0 Å². The molecule has 0 atom stereocenters. The quantitative estimate of drug-likeness (QED) is 0.570. The fraction of sp³-hybridized carbons (Fsp3) is 0.692. The summed E-state index contributed by atoms with van der Waals surface area (Å²) in [6, 6.07) is 0. The zero-order chi connectivity index (χ0) is 14.4. The minimum absolute atomic E-state index is 0.702. The number of rotatable bonds is 7. The van der Waals surface area contributed by atoms with Gasteiger partial charge in [-0.2, -0.15) is 0 Å². The van der Waals surface area contributed by atoms with Crippen molar-refractivity contribution < 1.29 is 0 Å². The number of aryl methyl sites for hydroxylation is 1. The van der Waals surface area contributed by atoms with Crippen molar-refractivity contribution >= 4 is 11.6 Å². The molecule has 1 aromatic rings. The molecule has 1 aromatic heterocycles. The highest BCUT2D eigenvalue weighted by Crippen LogP contribution is 2.22. The number of hydrogen-bond donors (Lipinski definition) is 2.